The first-order chi connectivity index (χ1) is 15.5. The molecule has 1 atom stereocenters. The minimum absolute atomic E-state index is 0.125. The maximum atomic E-state index is 13.4. The molecule has 32 heavy (non-hydrogen) atoms. The standard InChI is InChI=1S/C24H31FN4O3/c1-28-13-15-29(16-14-28)22(19-5-7-20(25)8-6-19)17-27-24(31)23(30)26-12-11-18-3-9-21(32-2)10-4-18/h3-10,22H,11-17H2,1-2H3,(H,26,30)(H,27,31). The van der Waals surface area contributed by atoms with Gasteiger partial charge >= 0.3 is 11.8 Å². The molecule has 0 spiro atoms. The van der Waals surface area contributed by atoms with Gasteiger partial charge in [0.15, 0.2) is 0 Å². The quantitative estimate of drug-likeness (QED) is 0.608. The van der Waals surface area contributed by atoms with Gasteiger partial charge in [0.25, 0.3) is 0 Å². The van der Waals surface area contributed by atoms with Gasteiger partial charge in [0, 0.05) is 39.3 Å². The number of amides is 2. The molecule has 0 saturated carbocycles. The number of hydrogen-bond acceptors (Lipinski definition) is 5. The van der Waals surface area contributed by atoms with E-state index in [-0.39, 0.29) is 18.4 Å². The number of carbonyl (C=O) groups excluding carboxylic acids is 2. The smallest absolute Gasteiger partial charge is 0.309 e. The predicted molar refractivity (Wildman–Crippen MR) is 121 cm³/mol. The van der Waals surface area contributed by atoms with Crippen molar-refractivity contribution in [3.05, 3.63) is 65.5 Å². The van der Waals surface area contributed by atoms with Gasteiger partial charge in [-0.25, -0.2) is 4.39 Å². The van der Waals surface area contributed by atoms with Gasteiger partial charge in [-0.15, -0.1) is 0 Å². The maximum absolute atomic E-state index is 13.4. The number of ether oxygens (including phenoxy) is 1. The van der Waals surface area contributed by atoms with Gasteiger partial charge < -0.3 is 20.3 Å². The molecule has 1 unspecified atom stereocenters. The first-order valence-corrected chi connectivity index (χ1v) is 10.8. The zero-order valence-electron chi connectivity index (χ0n) is 18.6. The molecule has 1 aliphatic heterocycles. The van der Waals surface area contributed by atoms with Gasteiger partial charge in [-0.2, -0.15) is 0 Å². The normalized spacial score (nSPS) is 15.7. The van der Waals surface area contributed by atoms with Crippen molar-refractivity contribution in [2.75, 3.05) is 53.4 Å². The summed E-state index contributed by atoms with van der Waals surface area (Å²) in [5.74, 6) is -0.852. The van der Waals surface area contributed by atoms with Crippen molar-refractivity contribution in [3.8, 4) is 5.75 Å². The van der Waals surface area contributed by atoms with Crippen molar-refractivity contribution in [1.82, 2.24) is 20.4 Å². The van der Waals surface area contributed by atoms with Gasteiger partial charge in [-0.05, 0) is 48.9 Å². The molecule has 8 heteroatoms. The number of piperazine rings is 1. The van der Waals surface area contributed by atoms with E-state index in [9.17, 15) is 14.0 Å². The SMILES string of the molecule is COc1ccc(CCNC(=O)C(=O)NCC(c2ccc(F)cc2)N2CCN(C)CC2)cc1. The van der Waals surface area contributed by atoms with Crippen LogP contribution in [0.3, 0.4) is 0 Å². The number of nitrogens with one attached hydrogen (secondary N) is 2. The summed E-state index contributed by atoms with van der Waals surface area (Å²) in [7, 11) is 3.68. The van der Waals surface area contributed by atoms with Crippen LogP contribution < -0.4 is 15.4 Å². The Bertz CT molecular complexity index is 881. The molecule has 0 radical (unpaired) electrons. The van der Waals surface area contributed by atoms with Gasteiger partial charge in [0.2, 0.25) is 0 Å². The lowest BCUT2D eigenvalue weighted by Gasteiger charge is -2.38. The van der Waals surface area contributed by atoms with Crippen LogP contribution in [0, 0.1) is 5.82 Å². The van der Waals surface area contributed by atoms with Crippen molar-refractivity contribution < 1.29 is 18.7 Å². The molecule has 1 fully saturated rings. The molecule has 0 aliphatic carbocycles. The molecular formula is C24H31FN4O3. The lowest BCUT2D eigenvalue weighted by Crippen LogP contribution is -2.49. The van der Waals surface area contributed by atoms with Crippen molar-refractivity contribution in [1.29, 1.82) is 0 Å². The molecule has 0 bridgehead atoms. The predicted octanol–water partition coefficient (Wildman–Crippen LogP) is 1.60. The third-order valence-electron chi connectivity index (χ3n) is 5.75. The van der Waals surface area contributed by atoms with E-state index in [1.165, 1.54) is 12.1 Å². The summed E-state index contributed by atoms with van der Waals surface area (Å²) in [6, 6.07) is 13.8. The lowest BCUT2D eigenvalue weighted by atomic mass is 10.0. The molecule has 0 aromatic heterocycles. The third-order valence-corrected chi connectivity index (χ3v) is 5.75. The molecule has 2 N–H and O–H groups in total. The van der Waals surface area contributed by atoms with Crippen LogP contribution in [0.15, 0.2) is 48.5 Å². The summed E-state index contributed by atoms with van der Waals surface area (Å²) in [4.78, 5) is 29.1. The van der Waals surface area contributed by atoms with E-state index in [0.717, 1.165) is 43.1 Å². The molecule has 172 valence electrons. The molecule has 7 nitrogen and oxygen atoms in total. The van der Waals surface area contributed by atoms with Gasteiger partial charge in [0.1, 0.15) is 11.6 Å². The van der Waals surface area contributed by atoms with E-state index in [2.05, 4.69) is 27.5 Å². The maximum Gasteiger partial charge on any atom is 0.309 e. The molecule has 3 rings (SSSR count). The number of benzene rings is 2. The van der Waals surface area contributed by atoms with Crippen LogP contribution in [0.4, 0.5) is 4.39 Å². The Morgan fingerprint density at radius 2 is 1.59 bits per heavy atom. The molecule has 1 heterocycles. The van der Waals surface area contributed by atoms with Gasteiger partial charge in [-0.3, -0.25) is 14.5 Å². The van der Waals surface area contributed by atoms with Crippen molar-refractivity contribution >= 4 is 11.8 Å². The number of halogens is 1. The van der Waals surface area contributed by atoms with E-state index in [1.54, 1.807) is 19.2 Å². The first-order valence-electron chi connectivity index (χ1n) is 10.8. The van der Waals surface area contributed by atoms with Crippen LogP contribution in [0.25, 0.3) is 0 Å². The number of likely N-dealkylation sites (N-methyl/N-ethyl adjacent to an activating group) is 1. The molecule has 1 aliphatic rings. The van der Waals surface area contributed by atoms with Crippen LogP contribution in [-0.2, 0) is 16.0 Å². The number of methoxy groups -OCH3 is 1. The second-order valence-corrected chi connectivity index (χ2v) is 7.97. The topological polar surface area (TPSA) is 73.9 Å². The summed E-state index contributed by atoms with van der Waals surface area (Å²) in [6.45, 7) is 4.14. The number of carbonyl (C=O) groups is 2. The second kappa shape index (κ2) is 11.6. The van der Waals surface area contributed by atoms with E-state index < -0.39 is 11.8 Å². The highest BCUT2D eigenvalue weighted by molar-refractivity contribution is 6.35. The molecule has 1 saturated heterocycles. The minimum Gasteiger partial charge on any atom is -0.497 e. The van der Waals surface area contributed by atoms with E-state index in [0.29, 0.717) is 13.0 Å². The van der Waals surface area contributed by atoms with Crippen LogP contribution in [0.2, 0.25) is 0 Å². The van der Waals surface area contributed by atoms with E-state index in [4.69, 9.17) is 4.74 Å². The van der Waals surface area contributed by atoms with Gasteiger partial charge in [-0.1, -0.05) is 24.3 Å². The van der Waals surface area contributed by atoms with Crippen LogP contribution >= 0.6 is 0 Å². The fraction of sp³-hybridized carbons (Fsp3) is 0.417. The first kappa shape index (κ1) is 23.7. The van der Waals surface area contributed by atoms with Crippen LogP contribution in [-0.4, -0.2) is 75.0 Å². The molecule has 2 amide bonds. The summed E-state index contributed by atoms with van der Waals surface area (Å²) >= 11 is 0. The average molecular weight is 443 g/mol. The molecule has 2 aromatic carbocycles. The van der Waals surface area contributed by atoms with Crippen LogP contribution in [0.5, 0.6) is 5.75 Å². The third kappa shape index (κ3) is 6.77. The number of rotatable bonds is 8. The Balaban J connectivity index is 1.51. The summed E-state index contributed by atoms with van der Waals surface area (Å²) < 4.78 is 18.5. The zero-order valence-corrected chi connectivity index (χ0v) is 18.6. The molecular weight excluding hydrogens is 411 g/mol. The largest absolute Gasteiger partial charge is 0.497 e. The van der Waals surface area contributed by atoms with E-state index in [1.807, 2.05) is 24.3 Å². The Kier molecular flexibility index (Phi) is 8.58. The summed E-state index contributed by atoms with van der Waals surface area (Å²) in [5, 5.41) is 5.42. The molecule has 2 aromatic rings. The summed E-state index contributed by atoms with van der Waals surface area (Å²) in [6.07, 6.45) is 0.614. The zero-order chi connectivity index (χ0) is 22.9. The minimum atomic E-state index is -0.666. The number of nitrogens with zero attached hydrogens (tertiary/aromatic N) is 2. The fourth-order valence-corrected chi connectivity index (χ4v) is 3.74. The second-order valence-electron chi connectivity index (χ2n) is 7.97. The monoisotopic (exact) mass is 442 g/mol. The van der Waals surface area contributed by atoms with Crippen molar-refractivity contribution in [2.24, 2.45) is 0 Å². The summed E-state index contributed by atoms with van der Waals surface area (Å²) in [5.41, 5.74) is 1.95. The lowest BCUT2D eigenvalue weighted by molar-refractivity contribution is -0.139. The highest BCUT2D eigenvalue weighted by Crippen LogP contribution is 2.22. The Morgan fingerprint density at radius 1 is 0.969 bits per heavy atom. The number of hydrogen-bond donors (Lipinski definition) is 2. The van der Waals surface area contributed by atoms with Crippen LogP contribution in [0.1, 0.15) is 17.2 Å². The van der Waals surface area contributed by atoms with E-state index >= 15 is 0 Å². The Hall–Kier alpha value is -2.97. The highest BCUT2D eigenvalue weighted by atomic mass is 19.1. The average Bonchev–Trinajstić information content (AvgIpc) is 2.81. The highest BCUT2D eigenvalue weighted by Gasteiger charge is 2.25. The van der Waals surface area contributed by atoms with Crippen molar-refractivity contribution in [3.63, 3.8) is 0 Å². The fourth-order valence-electron chi connectivity index (χ4n) is 3.74. The Labute approximate surface area is 188 Å². The Morgan fingerprint density at radius 3 is 2.22 bits per heavy atom. The van der Waals surface area contributed by atoms with Gasteiger partial charge in [0.05, 0.1) is 13.2 Å². The van der Waals surface area contributed by atoms with Crippen molar-refractivity contribution in [2.45, 2.75) is 12.5 Å².